The van der Waals surface area contributed by atoms with Crippen molar-refractivity contribution in [1.29, 1.82) is 0 Å². The molecule has 3 rings (SSSR count). The molecule has 0 unspecified atom stereocenters. The number of anilines is 1. The van der Waals surface area contributed by atoms with Crippen molar-refractivity contribution in [3.63, 3.8) is 0 Å². The lowest BCUT2D eigenvalue weighted by atomic mass is 10.2. The summed E-state index contributed by atoms with van der Waals surface area (Å²) in [5, 5.41) is 7.09. The van der Waals surface area contributed by atoms with Gasteiger partial charge >= 0.3 is 0 Å². The molecule has 0 atom stereocenters. The van der Waals surface area contributed by atoms with Gasteiger partial charge in [-0.2, -0.15) is 16.9 Å². The van der Waals surface area contributed by atoms with Crippen LogP contribution in [0.15, 0.2) is 35.1 Å². The number of thioether (sulfide) groups is 1. The number of para-hydroxylation sites is 2. The van der Waals surface area contributed by atoms with Crippen LogP contribution >= 0.6 is 11.8 Å². The third kappa shape index (κ3) is 3.56. The van der Waals surface area contributed by atoms with Gasteiger partial charge in [-0.1, -0.05) is 12.1 Å². The second-order valence-electron chi connectivity index (χ2n) is 5.16. The average molecular weight is 331 g/mol. The van der Waals surface area contributed by atoms with E-state index in [0.29, 0.717) is 11.4 Å². The number of rotatable bonds is 4. The SMILES string of the molecule is COc1ccccc1NC(=O)Cn1nc2c(cc1=O)CSCC2. The smallest absolute Gasteiger partial charge is 0.267 e. The summed E-state index contributed by atoms with van der Waals surface area (Å²) >= 11 is 1.79. The van der Waals surface area contributed by atoms with Gasteiger partial charge in [-0.05, 0) is 23.4 Å². The van der Waals surface area contributed by atoms with E-state index in [9.17, 15) is 9.59 Å². The molecular formula is C16H17N3O3S. The predicted octanol–water partition coefficient (Wildman–Crippen LogP) is 1.68. The van der Waals surface area contributed by atoms with Gasteiger partial charge in [-0.15, -0.1) is 0 Å². The Morgan fingerprint density at radius 3 is 3.09 bits per heavy atom. The highest BCUT2D eigenvalue weighted by Crippen LogP contribution is 2.23. The molecule has 1 aromatic heterocycles. The van der Waals surface area contributed by atoms with Crippen LogP contribution in [-0.2, 0) is 23.5 Å². The number of nitrogens with zero attached hydrogens (tertiary/aromatic N) is 2. The van der Waals surface area contributed by atoms with Crippen LogP contribution in [0.1, 0.15) is 11.3 Å². The molecule has 1 aromatic carbocycles. The van der Waals surface area contributed by atoms with Crippen molar-refractivity contribution in [2.75, 3.05) is 18.2 Å². The van der Waals surface area contributed by atoms with E-state index in [0.717, 1.165) is 29.2 Å². The summed E-state index contributed by atoms with van der Waals surface area (Å²) in [6.07, 6.45) is 0.828. The molecule has 0 saturated heterocycles. The predicted molar refractivity (Wildman–Crippen MR) is 90.0 cm³/mol. The summed E-state index contributed by atoms with van der Waals surface area (Å²) in [4.78, 5) is 24.3. The van der Waals surface area contributed by atoms with E-state index in [1.807, 2.05) is 6.07 Å². The molecule has 23 heavy (non-hydrogen) atoms. The molecule has 1 amide bonds. The van der Waals surface area contributed by atoms with Gasteiger partial charge < -0.3 is 10.1 Å². The first-order valence-corrected chi connectivity index (χ1v) is 8.43. The van der Waals surface area contributed by atoms with Gasteiger partial charge in [0.05, 0.1) is 18.5 Å². The second-order valence-corrected chi connectivity index (χ2v) is 6.27. The lowest BCUT2D eigenvalue weighted by molar-refractivity contribution is -0.117. The molecule has 2 aromatic rings. The number of methoxy groups -OCH3 is 1. The number of hydrogen-bond donors (Lipinski definition) is 1. The fourth-order valence-corrected chi connectivity index (χ4v) is 3.39. The third-order valence-electron chi connectivity index (χ3n) is 3.58. The van der Waals surface area contributed by atoms with Crippen molar-refractivity contribution in [3.05, 3.63) is 51.9 Å². The highest BCUT2D eigenvalue weighted by molar-refractivity contribution is 7.98. The summed E-state index contributed by atoms with van der Waals surface area (Å²) in [7, 11) is 1.54. The molecule has 0 saturated carbocycles. The van der Waals surface area contributed by atoms with Gasteiger partial charge in [-0.3, -0.25) is 9.59 Å². The van der Waals surface area contributed by atoms with Gasteiger partial charge in [0.2, 0.25) is 5.91 Å². The van der Waals surface area contributed by atoms with Crippen LogP contribution in [-0.4, -0.2) is 28.6 Å². The number of benzene rings is 1. The van der Waals surface area contributed by atoms with E-state index in [-0.39, 0.29) is 18.0 Å². The zero-order valence-corrected chi connectivity index (χ0v) is 13.6. The first-order chi connectivity index (χ1) is 11.2. The number of carbonyl (C=O) groups excluding carboxylic acids is 1. The van der Waals surface area contributed by atoms with E-state index in [2.05, 4.69) is 10.4 Å². The minimum Gasteiger partial charge on any atom is -0.495 e. The van der Waals surface area contributed by atoms with Crippen molar-refractivity contribution in [2.24, 2.45) is 0 Å². The molecule has 6 nitrogen and oxygen atoms in total. The number of aromatic nitrogens is 2. The number of fused-ring (bicyclic) bond motifs is 1. The van der Waals surface area contributed by atoms with Crippen molar-refractivity contribution in [2.45, 2.75) is 18.7 Å². The second kappa shape index (κ2) is 6.87. The van der Waals surface area contributed by atoms with Crippen molar-refractivity contribution in [3.8, 4) is 5.75 Å². The number of hydrogen-bond acceptors (Lipinski definition) is 5. The van der Waals surface area contributed by atoms with Gasteiger partial charge in [0, 0.05) is 18.2 Å². The Morgan fingerprint density at radius 2 is 2.26 bits per heavy atom. The Labute approximate surface area is 137 Å². The summed E-state index contributed by atoms with van der Waals surface area (Å²) < 4.78 is 6.42. The summed E-state index contributed by atoms with van der Waals surface area (Å²) in [5.41, 5.74) is 2.21. The van der Waals surface area contributed by atoms with Gasteiger partial charge in [0.1, 0.15) is 12.3 Å². The molecule has 2 heterocycles. The molecule has 120 valence electrons. The van der Waals surface area contributed by atoms with E-state index < -0.39 is 0 Å². The lowest BCUT2D eigenvalue weighted by Crippen LogP contribution is -2.31. The molecule has 0 bridgehead atoms. The van der Waals surface area contributed by atoms with E-state index in [1.54, 1.807) is 43.1 Å². The molecule has 0 spiro atoms. The zero-order chi connectivity index (χ0) is 16.2. The Kier molecular flexibility index (Phi) is 4.66. The standard InChI is InChI=1S/C16H17N3O3S/c1-22-14-5-3-2-4-13(14)17-15(20)9-19-16(21)8-11-10-23-7-6-12(11)18-19/h2-5,8H,6-7,9-10H2,1H3,(H,17,20). The monoisotopic (exact) mass is 331 g/mol. The van der Waals surface area contributed by atoms with Crippen molar-refractivity contribution >= 4 is 23.4 Å². The Bertz CT molecular complexity index is 788. The van der Waals surface area contributed by atoms with E-state index in [1.165, 1.54) is 4.68 Å². The van der Waals surface area contributed by atoms with Crippen LogP contribution in [0.3, 0.4) is 0 Å². The quantitative estimate of drug-likeness (QED) is 0.923. The van der Waals surface area contributed by atoms with Gasteiger partial charge in [0.15, 0.2) is 0 Å². The molecule has 0 fully saturated rings. The maximum absolute atomic E-state index is 12.2. The number of nitrogens with one attached hydrogen (secondary N) is 1. The minimum atomic E-state index is -0.311. The molecule has 7 heteroatoms. The molecule has 0 aliphatic carbocycles. The Morgan fingerprint density at radius 1 is 1.43 bits per heavy atom. The number of carbonyl (C=O) groups is 1. The molecule has 1 aliphatic rings. The van der Waals surface area contributed by atoms with Crippen LogP contribution in [0.2, 0.25) is 0 Å². The summed E-state index contributed by atoms with van der Waals surface area (Å²) in [6, 6.07) is 8.72. The Hall–Kier alpha value is -2.28. The topological polar surface area (TPSA) is 73.2 Å². The molecule has 1 N–H and O–H groups in total. The van der Waals surface area contributed by atoms with E-state index in [4.69, 9.17) is 4.74 Å². The Balaban J connectivity index is 1.76. The fraction of sp³-hybridized carbons (Fsp3) is 0.312. The highest BCUT2D eigenvalue weighted by Gasteiger charge is 2.15. The lowest BCUT2D eigenvalue weighted by Gasteiger charge is -2.15. The minimum absolute atomic E-state index is 0.114. The number of aryl methyl sites for hydroxylation is 1. The first kappa shape index (κ1) is 15.6. The van der Waals surface area contributed by atoms with Crippen LogP contribution in [0, 0.1) is 0 Å². The maximum Gasteiger partial charge on any atom is 0.267 e. The first-order valence-electron chi connectivity index (χ1n) is 7.28. The van der Waals surface area contributed by atoms with Crippen molar-refractivity contribution in [1.82, 2.24) is 9.78 Å². The number of ether oxygens (including phenoxy) is 1. The van der Waals surface area contributed by atoms with Crippen LogP contribution in [0.4, 0.5) is 5.69 Å². The zero-order valence-electron chi connectivity index (χ0n) is 12.7. The maximum atomic E-state index is 12.2. The average Bonchev–Trinajstić information content (AvgIpc) is 2.56. The molecule has 0 radical (unpaired) electrons. The van der Waals surface area contributed by atoms with Crippen LogP contribution in [0.5, 0.6) is 5.75 Å². The van der Waals surface area contributed by atoms with Gasteiger partial charge in [0.25, 0.3) is 5.56 Å². The summed E-state index contributed by atoms with van der Waals surface area (Å²) in [6.45, 7) is -0.114. The molecule has 1 aliphatic heterocycles. The fourth-order valence-electron chi connectivity index (χ4n) is 2.44. The van der Waals surface area contributed by atoms with E-state index >= 15 is 0 Å². The highest BCUT2D eigenvalue weighted by atomic mass is 32.2. The number of amides is 1. The normalized spacial score (nSPS) is 13.3. The largest absolute Gasteiger partial charge is 0.495 e. The third-order valence-corrected chi connectivity index (χ3v) is 4.59. The molecular weight excluding hydrogens is 314 g/mol. The van der Waals surface area contributed by atoms with Crippen LogP contribution in [0.25, 0.3) is 0 Å². The van der Waals surface area contributed by atoms with Gasteiger partial charge in [-0.25, -0.2) is 4.68 Å². The summed E-state index contributed by atoms with van der Waals surface area (Å²) in [5.74, 6) is 2.06. The van der Waals surface area contributed by atoms with Crippen LogP contribution < -0.4 is 15.6 Å². The van der Waals surface area contributed by atoms with Crippen molar-refractivity contribution < 1.29 is 9.53 Å².